The summed E-state index contributed by atoms with van der Waals surface area (Å²) in [7, 11) is 0. The number of hydrogen-bond donors (Lipinski definition) is 2. The molecular formula is C17H23N3O3. The van der Waals surface area contributed by atoms with Crippen LogP contribution in [0.1, 0.15) is 25.3 Å². The van der Waals surface area contributed by atoms with Crippen LogP contribution < -0.4 is 5.32 Å². The van der Waals surface area contributed by atoms with Crippen LogP contribution in [0.25, 0.3) is 0 Å². The van der Waals surface area contributed by atoms with Gasteiger partial charge in [-0.25, -0.2) is 0 Å². The number of nitroso groups, excluding NO2 is 1. The molecule has 1 aliphatic heterocycles. The lowest BCUT2D eigenvalue weighted by Gasteiger charge is -2.32. The Labute approximate surface area is 136 Å². The normalized spacial score (nSPS) is 17.4. The number of amides is 1. The van der Waals surface area contributed by atoms with Gasteiger partial charge < -0.3 is 10.4 Å². The molecule has 1 fully saturated rings. The molecule has 0 radical (unpaired) electrons. The van der Waals surface area contributed by atoms with E-state index in [0.717, 1.165) is 32.5 Å². The first kappa shape index (κ1) is 17.1. The van der Waals surface area contributed by atoms with Gasteiger partial charge in [0.05, 0.1) is 0 Å². The molecule has 0 atom stereocenters. The van der Waals surface area contributed by atoms with Gasteiger partial charge in [0.1, 0.15) is 5.76 Å². The minimum absolute atomic E-state index is 0.352. The minimum atomic E-state index is -0.605. The molecule has 6 heteroatoms. The highest BCUT2D eigenvalue weighted by molar-refractivity contribution is 5.93. The van der Waals surface area contributed by atoms with Crippen LogP contribution in [0.2, 0.25) is 0 Å². The summed E-state index contributed by atoms with van der Waals surface area (Å²) < 4.78 is 0. The number of hydrogen-bond acceptors (Lipinski definition) is 5. The molecule has 0 saturated carbocycles. The van der Waals surface area contributed by atoms with Crippen LogP contribution in [0, 0.1) is 10.8 Å². The Kier molecular flexibility index (Phi) is 6.29. The predicted molar refractivity (Wildman–Crippen MR) is 88.6 cm³/mol. The highest BCUT2D eigenvalue weighted by Crippen LogP contribution is 2.18. The highest BCUT2D eigenvalue weighted by atomic mass is 16.3. The van der Waals surface area contributed by atoms with Crippen molar-refractivity contribution >= 4 is 5.91 Å². The number of aliphatic hydroxyl groups excluding tert-OH is 1. The summed E-state index contributed by atoms with van der Waals surface area (Å²) >= 11 is 0. The molecule has 0 bridgehead atoms. The van der Waals surface area contributed by atoms with Crippen molar-refractivity contribution in [3.8, 4) is 0 Å². The van der Waals surface area contributed by atoms with Crippen molar-refractivity contribution < 1.29 is 9.90 Å². The standard InChI is InChI=1S/C17H23N3O3/c1-13(21)16(19-23)17(22)18-11-14-7-9-20(10-8-14)12-15-5-3-2-4-6-15/h2-6,14,21H,7-12H2,1H3,(H,18,22)/b16-13+. The SMILES string of the molecule is C/C(O)=C(\N=O)C(=O)NCC1CCN(Cc2ccccc2)CC1. The number of benzene rings is 1. The van der Waals surface area contributed by atoms with Crippen molar-refractivity contribution in [2.45, 2.75) is 26.3 Å². The van der Waals surface area contributed by atoms with Crippen LogP contribution in [0.3, 0.4) is 0 Å². The van der Waals surface area contributed by atoms with Crippen LogP contribution in [-0.4, -0.2) is 35.5 Å². The number of nitrogens with one attached hydrogen (secondary N) is 1. The van der Waals surface area contributed by atoms with Gasteiger partial charge in [0.15, 0.2) is 0 Å². The van der Waals surface area contributed by atoms with Crippen molar-refractivity contribution in [1.82, 2.24) is 10.2 Å². The Bertz CT molecular complexity index is 560. The average molecular weight is 317 g/mol. The maximum absolute atomic E-state index is 11.7. The molecule has 0 aliphatic carbocycles. The number of allylic oxidation sites excluding steroid dienone is 1. The Balaban J connectivity index is 1.74. The zero-order valence-corrected chi connectivity index (χ0v) is 13.4. The summed E-state index contributed by atoms with van der Waals surface area (Å²) in [6.07, 6.45) is 2.00. The third kappa shape index (κ3) is 5.17. The molecule has 0 unspecified atom stereocenters. The lowest BCUT2D eigenvalue weighted by molar-refractivity contribution is -0.118. The Morgan fingerprint density at radius 1 is 1.30 bits per heavy atom. The van der Waals surface area contributed by atoms with Crippen LogP contribution in [0.15, 0.2) is 47.0 Å². The molecule has 0 spiro atoms. The third-order valence-electron chi connectivity index (χ3n) is 4.16. The predicted octanol–water partition coefficient (Wildman–Crippen LogP) is 2.57. The topological polar surface area (TPSA) is 82.0 Å². The van der Waals surface area contributed by atoms with Gasteiger partial charge in [-0.05, 0) is 49.5 Å². The van der Waals surface area contributed by atoms with Gasteiger partial charge >= 0.3 is 0 Å². The molecule has 1 amide bonds. The lowest BCUT2D eigenvalue weighted by Crippen LogP contribution is -2.38. The quantitative estimate of drug-likeness (QED) is 0.480. The first-order chi connectivity index (χ1) is 11.1. The molecule has 124 valence electrons. The van der Waals surface area contributed by atoms with E-state index < -0.39 is 11.6 Å². The number of piperidine rings is 1. The van der Waals surface area contributed by atoms with E-state index in [2.05, 4.69) is 27.5 Å². The van der Waals surface area contributed by atoms with Crippen molar-refractivity contribution in [1.29, 1.82) is 0 Å². The fourth-order valence-electron chi connectivity index (χ4n) is 2.78. The van der Waals surface area contributed by atoms with Gasteiger partial charge in [-0.15, -0.1) is 4.91 Å². The number of carbonyl (C=O) groups is 1. The molecule has 1 heterocycles. The second kappa shape index (κ2) is 8.43. The van der Waals surface area contributed by atoms with Crippen LogP contribution in [-0.2, 0) is 11.3 Å². The summed E-state index contributed by atoms with van der Waals surface area (Å²) in [6, 6.07) is 10.4. The van der Waals surface area contributed by atoms with E-state index >= 15 is 0 Å². The second-order valence-corrected chi connectivity index (χ2v) is 5.94. The largest absolute Gasteiger partial charge is 0.510 e. The van der Waals surface area contributed by atoms with E-state index in [1.54, 1.807) is 0 Å². The zero-order valence-electron chi connectivity index (χ0n) is 13.4. The van der Waals surface area contributed by atoms with Crippen molar-refractivity contribution in [3.05, 3.63) is 52.3 Å². The van der Waals surface area contributed by atoms with E-state index in [0.29, 0.717) is 12.5 Å². The van der Waals surface area contributed by atoms with Crippen LogP contribution in [0.5, 0.6) is 0 Å². The monoisotopic (exact) mass is 317 g/mol. The number of rotatable bonds is 6. The maximum atomic E-state index is 11.7. The average Bonchev–Trinajstić information content (AvgIpc) is 2.55. The summed E-state index contributed by atoms with van der Waals surface area (Å²) in [6.45, 7) is 4.71. The molecule has 23 heavy (non-hydrogen) atoms. The van der Waals surface area contributed by atoms with E-state index in [9.17, 15) is 14.8 Å². The van der Waals surface area contributed by atoms with Crippen molar-refractivity contribution in [2.24, 2.45) is 11.1 Å². The summed E-state index contributed by atoms with van der Waals surface area (Å²) in [4.78, 5) is 24.7. The molecule has 0 aromatic heterocycles. The van der Waals surface area contributed by atoms with E-state index in [-0.39, 0.29) is 5.76 Å². The Hall–Kier alpha value is -2.21. The molecule has 2 N–H and O–H groups in total. The molecule has 2 rings (SSSR count). The van der Waals surface area contributed by atoms with Gasteiger partial charge in [-0.3, -0.25) is 9.69 Å². The Morgan fingerprint density at radius 3 is 2.52 bits per heavy atom. The zero-order chi connectivity index (χ0) is 16.7. The first-order valence-corrected chi connectivity index (χ1v) is 7.88. The third-order valence-corrected chi connectivity index (χ3v) is 4.16. The number of likely N-dealkylation sites (tertiary alicyclic amines) is 1. The summed E-state index contributed by atoms with van der Waals surface area (Å²) in [5, 5.41) is 14.5. The highest BCUT2D eigenvalue weighted by Gasteiger charge is 2.21. The van der Waals surface area contributed by atoms with Gasteiger partial charge in [-0.1, -0.05) is 30.3 Å². The van der Waals surface area contributed by atoms with Crippen molar-refractivity contribution in [2.75, 3.05) is 19.6 Å². The van der Waals surface area contributed by atoms with E-state index in [1.165, 1.54) is 12.5 Å². The van der Waals surface area contributed by atoms with Gasteiger partial charge in [0, 0.05) is 13.1 Å². The fraction of sp³-hybridized carbons (Fsp3) is 0.471. The Morgan fingerprint density at radius 2 is 1.96 bits per heavy atom. The molecule has 1 aliphatic rings. The maximum Gasteiger partial charge on any atom is 0.277 e. The molecular weight excluding hydrogens is 294 g/mol. The van der Waals surface area contributed by atoms with Crippen LogP contribution >= 0.6 is 0 Å². The first-order valence-electron chi connectivity index (χ1n) is 7.88. The van der Waals surface area contributed by atoms with Crippen molar-refractivity contribution in [3.63, 3.8) is 0 Å². The fourth-order valence-corrected chi connectivity index (χ4v) is 2.78. The van der Waals surface area contributed by atoms with E-state index in [1.807, 2.05) is 18.2 Å². The summed E-state index contributed by atoms with van der Waals surface area (Å²) in [5.41, 5.74) is 0.871. The van der Waals surface area contributed by atoms with Gasteiger partial charge in [0.25, 0.3) is 5.91 Å². The summed E-state index contributed by atoms with van der Waals surface area (Å²) in [5.74, 6) is -0.570. The smallest absolute Gasteiger partial charge is 0.277 e. The van der Waals surface area contributed by atoms with Crippen LogP contribution in [0.4, 0.5) is 0 Å². The molecule has 6 nitrogen and oxygen atoms in total. The van der Waals surface area contributed by atoms with Gasteiger partial charge in [-0.2, -0.15) is 0 Å². The number of carbonyl (C=O) groups excluding carboxylic acids is 1. The van der Waals surface area contributed by atoms with Gasteiger partial charge in [0.2, 0.25) is 5.70 Å². The number of aliphatic hydroxyl groups is 1. The molecule has 1 aromatic carbocycles. The number of nitrogens with zero attached hydrogens (tertiary/aromatic N) is 2. The van der Waals surface area contributed by atoms with E-state index in [4.69, 9.17) is 0 Å². The minimum Gasteiger partial charge on any atom is -0.510 e. The lowest BCUT2D eigenvalue weighted by atomic mass is 9.96. The second-order valence-electron chi connectivity index (χ2n) is 5.94. The molecule has 1 aromatic rings. The molecule has 1 saturated heterocycles.